The van der Waals surface area contributed by atoms with E-state index in [1.54, 1.807) is 6.92 Å². The molecule has 8 nitrogen and oxygen atoms in total. The van der Waals surface area contributed by atoms with Crippen LogP contribution in [0, 0.1) is 5.41 Å². The number of fused-ring (bicyclic) bond motifs is 3. The van der Waals surface area contributed by atoms with Crippen molar-refractivity contribution in [3.05, 3.63) is 59.7 Å². The summed E-state index contributed by atoms with van der Waals surface area (Å²) in [6.07, 6.45) is 2.07. The lowest BCUT2D eigenvalue weighted by Gasteiger charge is -2.40. The van der Waals surface area contributed by atoms with Crippen molar-refractivity contribution >= 4 is 18.0 Å². The molecule has 0 aromatic heterocycles. The van der Waals surface area contributed by atoms with Gasteiger partial charge in [-0.2, -0.15) is 0 Å². The second-order valence-corrected chi connectivity index (χ2v) is 9.56. The van der Waals surface area contributed by atoms with Gasteiger partial charge in [-0.15, -0.1) is 0 Å². The molecule has 2 aromatic rings. The van der Waals surface area contributed by atoms with E-state index in [1.807, 2.05) is 24.3 Å². The molecule has 3 unspecified atom stereocenters. The van der Waals surface area contributed by atoms with Crippen LogP contribution in [-0.4, -0.2) is 53.5 Å². The van der Waals surface area contributed by atoms with Crippen LogP contribution in [0.15, 0.2) is 48.5 Å². The Bertz CT molecular complexity index is 1060. The molecule has 35 heavy (non-hydrogen) atoms. The van der Waals surface area contributed by atoms with Gasteiger partial charge in [0.2, 0.25) is 5.91 Å². The van der Waals surface area contributed by atoms with Crippen molar-refractivity contribution in [1.82, 2.24) is 10.6 Å². The van der Waals surface area contributed by atoms with Crippen LogP contribution >= 0.6 is 0 Å². The highest BCUT2D eigenvalue weighted by Crippen LogP contribution is 2.44. The summed E-state index contributed by atoms with van der Waals surface area (Å²) >= 11 is 0. The van der Waals surface area contributed by atoms with Gasteiger partial charge in [-0.25, -0.2) is 9.59 Å². The number of aliphatic carboxylic acids is 1. The third kappa shape index (κ3) is 5.03. The van der Waals surface area contributed by atoms with Crippen LogP contribution in [0.1, 0.15) is 56.1 Å². The van der Waals surface area contributed by atoms with Crippen LogP contribution in [0.4, 0.5) is 4.79 Å². The zero-order valence-electron chi connectivity index (χ0n) is 19.8. The van der Waals surface area contributed by atoms with Crippen molar-refractivity contribution in [2.45, 2.75) is 57.0 Å². The van der Waals surface area contributed by atoms with E-state index in [9.17, 15) is 19.5 Å². The Morgan fingerprint density at radius 1 is 1.06 bits per heavy atom. The SMILES string of the molecule is CC1(C(=O)NC(CCO)C(=O)O)CCCCC1NC(=O)OCC1c2ccccc2-c2ccccc21. The number of carboxylic acid groups (broad SMARTS) is 1. The maximum absolute atomic E-state index is 13.1. The molecule has 2 amide bonds. The standard InChI is InChI=1S/C27H32N2O6/c1-27(25(33)28-22(13-15-30)24(31)32)14-7-6-12-23(27)29-26(34)35-16-21-19-10-4-2-8-17(19)18-9-3-5-11-20(18)21/h2-5,8-11,21-23,30H,6-7,12-16H2,1H3,(H,28,33)(H,29,34)(H,31,32). The number of carboxylic acids is 1. The molecule has 4 N–H and O–H groups in total. The maximum atomic E-state index is 13.1. The highest BCUT2D eigenvalue weighted by molar-refractivity contribution is 5.88. The number of hydrogen-bond acceptors (Lipinski definition) is 5. The van der Waals surface area contributed by atoms with Crippen molar-refractivity contribution in [1.29, 1.82) is 0 Å². The van der Waals surface area contributed by atoms with E-state index in [0.717, 1.165) is 35.1 Å². The highest BCUT2D eigenvalue weighted by atomic mass is 16.5. The summed E-state index contributed by atoms with van der Waals surface area (Å²) in [7, 11) is 0. The molecule has 1 fully saturated rings. The molecule has 2 aromatic carbocycles. The van der Waals surface area contributed by atoms with E-state index in [2.05, 4.69) is 34.9 Å². The van der Waals surface area contributed by atoms with E-state index in [1.165, 1.54) is 0 Å². The summed E-state index contributed by atoms with van der Waals surface area (Å²) in [5, 5.41) is 23.9. The molecule has 2 aliphatic carbocycles. The molecule has 4 rings (SSSR count). The molecule has 3 atom stereocenters. The van der Waals surface area contributed by atoms with Crippen LogP contribution in [0.25, 0.3) is 11.1 Å². The number of carbonyl (C=O) groups is 3. The second kappa shape index (κ2) is 10.5. The van der Waals surface area contributed by atoms with E-state index in [-0.39, 0.29) is 25.6 Å². The maximum Gasteiger partial charge on any atom is 0.407 e. The Hall–Kier alpha value is -3.39. The Morgan fingerprint density at radius 3 is 2.29 bits per heavy atom. The number of aliphatic hydroxyl groups excluding tert-OH is 1. The van der Waals surface area contributed by atoms with Gasteiger partial charge < -0.3 is 25.6 Å². The molecule has 0 heterocycles. The lowest BCUT2D eigenvalue weighted by molar-refractivity contribution is -0.145. The Morgan fingerprint density at radius 2 is 1.69 bits per heavy atom. The highest BCUT2D eigenvalue weighted by Gasteiger charge is 2.45. The smallest absolute Gasteiger partial charge is 0.407 e. The third-order valence-corrected chi connectivity index (χ3v) is 7.38. The zero-order chi connectivity index (χ0) is 25.0. The lowest BCUT2D eigenvalue weighted by Crippen LogP contribution is -2.58. The molecule has 2 aliphatic rings. The average molecular weight is 481 g/mol. The number of alkyl carbamates (subject to hydrolysis) is 1. The van der Waals surface area contributed by atoms with Gasteiger partial charge in [-0.3, -0.25) is 4.79 Å². The molecular weight excluding hydrogens is 448 g/mol. The minimum absolute atomic E-state index is 0.0657. The van der Waals surface area contributed by atoms with Gasteiger partial charge in [-0.05, 0) is 42.0 Å². The number of hydrogen-bond donors (Lipinski definition) is 4. The summed E-state index contributed by atoms with van der Waals surface area (Å²) in [5.41, 5.74) is 3.54. The lowest BCUT2D eigenvalue weighted by atomic mass is 9.71. The minimum atomic E-state index is -1.20. The third-order valence-electron chi connectivity index (χ3n) is 7.38. The molecule has 0 aliphatic heterocycles. The molecule has 1 saturated carbocycles. The molecule has 0 spiro atoms. The first kappa shape index (κ1) is 24.7. The quantitative estimate of drug-likeness (QED) is 0.459. The first-order chi connectivity index (χ1) is 16.8. The predicted octanol–water partition coefficient (Wildman–Crippen LogP) is 3.43. The number of nitrogens with one attached hydrogen (secondary N) is 2. The fraction of sp³-hybridized carbons (Fsp3) is 0.444. The van der Waals surface area contributed by atoms with Crippen LogP contribution in [0.2, 0.25) is 0 Å². The summed E-state index contributed by atoms with van der Waals surface area (Å²) in [6, 6.07) is 14.5. The predicted molar refractivity (Wildman–Crippen MR) is 130 cm³/mol. The van der Waals surface area contributed by atoms with Gasteiger partial charge >= 0.3 is 12.1 Å². The monoisotopic (exact) mass is 480 g/mol. The van der Waals surface area contributed by atoms with Crippen molar-refractivity contribution in [3.63, 3.8) is 0 Å². The molecule has 0 bridgehead atoms. The van der Waals surface area contributed by atoms with Crippen molar-refractivity contribution in [3.8, 4) is 11.1 Å². The van der Waals surface area contributed by atoms with Gasteiger partial charge in [0.15, 0.2) is 0 Å². The molecule has 0 radical (unpaired) electrons. The van der Waals surface area contributed by atoms with Crippen LogP contribution in [-0.2, 0) is 14.3 Å². The number of ether oxygens (including phenoxy) is 1. The van der Waals surface area contributed by atoms with E-state index in [4.69, 9.17) is 9.84 Å². The van der Waals surface area contributed by atoms with Gasteiger partial charge in [0, 0.05) is 25.0 Å². The summed E-state index contributed by atoms with van der Waals surface area (Å²) < 4.78 is 5.66. The average Bonchev–Trinajstić information content (AvgIpc) is 3.17. The number of benzene rings is 2. The first-order valence-electron chi connectivity index (χ1n) is 12.1. The number of aliphatic hydroxyl groups is 1. The minimum Gasteiger partial charge on any atom is -0.480 e. The van der Waals surface area contributed by atoms with Crippen LogP contribution in [0.5, 0.6) is 0 Å². The second-order valence-electron chi connectivity index (χ2n) is 9.56. The van der Waals surface area contributed by atoms with E-state index >= 15 is 0 Å². The Labute approximate surface area is 204 Å². The Kier molecular flexibility index (Phi) is 7.40. The van der Waals surface area contributed by atoms with E-state index < -0.39 is 35.5 Å². The van der Waals surface area contributed by atoms with Crippen molar-refractivity contribution < 1.29 is 29.3 Å². The van der Waals surface area contributed by atoms with Crippen molar-refractivity contribution in [2.24, 2.45) is 5.41 Å². The molecule has 186 valence electrons. The number of carbonyl (C=O) groups excluding carboxylic acids is 2. The molecular formula is C27H32N2O6. The molecule has 8 heteroatoms. The topological polar surface area (TPSA) is 125 Å². The van der Waals surface area contributed by atoms with Gasteiger partial charge in [0.05, 0.1) is 5.41 Å². The summed E-state index contributed by atoms with van der Waals surface area (Å²) in [6.45, 7) is 1.57. The fourth-order valence-electron chi connectivity index (χ4n) is 5.33. The largest absolute Gasteiger partial charge is 0.480 e. The normalized spacial score (nSPS) is 21.9. The summed E-state index contributed by atoms with van der Waals surface area (Å²) in [4.78, 5) is 37.4. The van der Waals surface area contributed by atoms with E-state index in [0.29, 0.717) is 12.8 Å². The molecule has 0 saturated heterocycles. The van der Waals surface area contributed by atoms with Crippen LogP contribution < -0.4 is 10.6 Å². The zero-order valence-corrected chi connectivity index (χ0v) is 19.8. The number of rotatable bonds is 8. The van der Waals surface area contributed by atoms with Gasteiger partial charge in [0.1, 0.15) is 12.6 Å². The van der Waals surface area contributed by atoms with Crippen LogP contribution in [0.3, 0.4) is 0 Å². The summed E-state index contributed by atoms with van der Waals surface area (Å²) in [5.74, 6) is -1.71. The van der Waals surface area contributed by atoms with Crippen molar-refractivity contribution in [2.75, 3.05) is 13.2 Å². The van der Waals surface area contributed by atoms with Gasteiger partial charge in [-0.1, -0.05) is 61.4 Å². The number of amides is 2. The van der Waals surface area contributed by atoms with Gasteiger partial charge in [0.25, 0.3) is 0 Å². The fourth-order valence-corrected chi connectivity index (χ4v) is 5.33. The first-order valence-corrected chi connectivity index (χ1v) is 12.1. The Balaban J connectivity index is 1.42.